The summed E-state index contributed by atoms with van der Waals surface area (Å²) in [4.78, 5) is 0. The van der Waals surface area contributed by atoms with E-state index in [-0.39, 0.29) is 0 Å². The normalized spacial score (nSPS) is 18.2. The highest BCUT2D eigenvalue weighted by Crippen LogP contribution is 2.39. The molecule has 1 nitrogen and oxygen atoms in total. The molecule has 0 bridgehead atoms. The van der Waals surface area contributed by atoms with Gasteiger partial charge in [0, 0.05) is 16.9 Å². The molecule has 1 N–H and O–H groups in total. The van der Waals surface area contributed by atoms with Crippen LogP contribution in [0.3, 0.4) is 0 Å². The van der Waals surface area contributed by atoms with Crippen molar-refractivity contribution in [3.05, 3.63) is 28.2 Å². The second-order valence-electron chi connectivity index (χ2n) is 4.63. The number of benzene rings is 1. The van der Waals surface area contributed by atoms with Crippen molar-refractivity contribution in [1.82, 2.24) is 0 Å². The lowest BCUT2D eigenvalue weighted by atomic mass is 9.95. The van der Waals surface area contributed by atoms with Gasteiger partial charge in [-0.1, -0.05) is 44.7 Å². The van der Waals surface area contributed by atoms with Gasteiger partial charge in [-0.15, -0.1) is 0 Å². The minimum Gasteiger partial charge on any atom is -0.383 e. The van der Waals surface area contributed by atoms with Crippen LogP contribution in [0.4, 0.5) is 5.69 Å². The van der Waals surface area contributed by atoms with Gasteiger partial charge < -0.3 is 5.32 Å². The molecular formula is C14H20BrN. The number of anilines is 1. The zero-order valence-corrected chi connectivity index (χ0v) is 11.5. The van der Waals surface area contributed by atoms with E-state index in [9.17, 15) is 0 Å². The van der Waals surface area contributed by atoms with Gasteiger partial charge in [-0.25, -0.2) is 0 Å². The summed E-state index contributed by atoms with van der Waals surface area (Å²) in [7, 11) is 0. The number of para-hydroxylation sites is 1. The third-order valence-electron chi connectivity index (χ3n) is 3.42. The van der Waals surface area contributed by atoms with Crippen LogP contribution in [0.1, 0.15) is 50.5 Å². The molecule has 0 saturated carbocycles. The number of halogens is 1. The smallest absolute Gasteiger partial charge is 0.0520 e. The molecule has 0 aromatic heterocycles. The molecule has 0 fully saturated rings. The van der Waals surface area contributed by atoms with Crippen LogP contribution in [0.5, 0.6) is 0 Å². The number of rotatable bonds is 5. The number of hydrogen-bond donors (Lipinski definition) is 1. The van der Waals surface area contributed by atoms with Crippen LogP contribution in [-0.2, 0) is 0 Å². The van der Waals surface area contributed by atoms with E-state index < -0.39 is 0 Å². The topological polar surface area (TPSA) is 12.0 Å². The lowest BCUT2D eigenvalue weighted by Crippen LogP contribution is -2.01. The first-order chi connectivity index (χ1) is 7.83. The largest absolute Gasteiger partial charge is 0.383 e. The van der Waals surface area contributed by atoms with Crippen LogP contribution in [0.15, 0.2) is 22.7 Å². The molecule has 0 spiro atoms. The number of hydrogen-bond acceptors (Lipinski definition) is 1. The minimum absolute atomic E-state index is 0.726. The summed E-state index contributed by atoms with van der Waals surface area (Å²) in [6, 6.07) is 6.53. The maximum absolute atomic E-state index is 3.61. The van der Waals surface area contributed by atoms with E-state index in [0.717, 1.165) is 12.5 Å². The van der Waals surface area contributed by atoms with Gasteiger partial charge in [0.15, 0.2) is 0 Å². The maximum Gasteiger partial charge on any atom is 0.0520 e. The summed E-state index contributed by atoms with van der Waals surface area (Å²) < 4.78 is 1.21. The molecule has 1 aromatic rings. The lowest BCUT2D eigenvalue weighted by molar-refractivity contribution is 0.578. The Morgan fingerprint density at radius 2 is 2.19 bits per heavy atom. The van der Waals surface area contributed by atoms with Crippen LogP contribution in [0.25, 0.3) is 0 Å². The van der Waals surface area contributed by atoms with Crippen molar-refractivity contribution in [3.63, 3.8) is 0 Å². The third-order valence-corrected chi connectivity index (χ3v) is 4.08. The predicted octanol–water partition coefficient (Wildman–Crippen LogP) is 4.93. The molecule has 0 saturated heterocycles. The highest BCUT2D eigenvalue weighted by molar-refractivity contribution is 9.10. The monoisotopic (exact) mass is 281 g/mol. The van der Waals surface area contributed by atoms with E-state index in [4.69, 9.17) is 0 Å². The molecule has 1 unspecified atom stereocenters. The Labute approximate surface area is 107 Å². The second kappa shape index (κ2) is 5.72. The Morgan fingerprint density at radius 1 is 1.31 bits per heavy atom. The maximum atomic E-state index is 3.61. The van der Waals surface area contributed by atoms with Crippen LogP contribution in [-0.4, -0.2) is 6.54 Å². The van der Waals surface area contributed by atoms with Crippen LogP contribution in [0, 0.1) is 0 Å². The SMILES string of the molecule is CCCCCCC1CNc2c(Br)cccc21. The molecule has 88 valence electrons. The van der Waals surface area contributed by atoms with Crippen molar-refractivity contribution < 1.29 is 0 Å². The van der Waals surface area contributed by atoms with Crippen molar-refractivity contribution >= 4 is 21.6 Å². The molecule has 2 rings (SSSR count). The average molecular weight is 282 g/mol. The zero-order chi connectivity index (χ0) is 11.4. The number of unbranched alkanes of at least 4 members (excludes halogenated alkanes) is 3. The lowest BCUT2D eigenvalue weighted by Gasteiger charge is -2.09. The van der Waals surface area contributed by atoms with E-state index in [2.05, 4.69) is 46.4 Å². The van der Waals surface area contributed by atoms with E-state index in [1.54, 1.807) is 0 Å². The molecule has 1 heterocycles. The Hall–Kier alpha value is -0.500. The predicted molar refractivity (Wildman–Crippen MR) is 74.1 cm³/mol. The van der Waals surface area contributed by atoms with Crippen LogP contribution < -0.4 is 5.32 Å². The first-order valence-electron chi connectivity index (χ1n) is 6.35. The van der Waals surface area contributed by atoms with Crippen molar-refractivity contribution in [2.24, 2.45) is 0 Å². The molecule has 2 heteroatoms. The molecule has 0 aliphatic carbocycles. The molecule has 0 amide bonds. The van der Waals surface area contributed by atoms with Gasteiger partial charge in [-0.3, -0.25) is 0 Å². The summed E-state index contributed by atoms with van der Waals surface area (Å²) in [5, 5.41) is 3.51. The number of nitrogens with one attached hydrogen (secondary N) is 1. The molecule has 0 radical (unpaired) electrons. The van der Waals surface area contributed by atoms with Crippen molar-refractivity contribution in [3.8, 4) is 0 Å². The van der Waals surface area contributed by atoms with Gasteiger partial charge in [-0.2, -0.15) is 0 Å². The molecule has 1 aliphatic heterocycles. The van der Waals surface area contributed by atoms with Crippen molar-refractivity contribution in [1.29, 1.82) is 0 Å². The van der Waals surface area contributed by atoms with Gasteiger partial charge in [0.1, 0.15) is 0 Å². The first kappa shape index (κ1) is 12.0. The average Bonchev–Trinajstić information content (AvgIpc) is 2.70. The van der Waals surface area contributed by atoms with Gasteiger partial charge >= 0.3 is 0 Å². The van der Waals surface area contributed by atoms with E-state index >= 15 is 0 Å². The fourth-order valence-electron chi connectivity index (χ4n) is 2.48. The highest BCUT2D eigenvalue weighted by atomic mass is 79.9. The second-order valence-corrected chi connectivity index (χ2v) is 5.49. The van der Waals surface area contributed by atoms with E-state index in [1.165, 1.54) is 47.8 Å². The molecule has 16 heavy (non-hydrogen) atoms. The fraction of sp³-hybridized carbons (Fsp3) is 0.571. The standard InChI is InChI=1S/C14H20BrN/c1-2-3-4-5-7-11-10-16-14-12(11)8-6-9-13(14)15/h6,8-9,11,16H,2-5,7,10H2,1H3. The van der Waals surface area contributed by atoms with Crippen LogP contribution >= 0.6 is 15.9 Å². The van der Waals surface area contributed by atoms with E-state index in [0.29, 0.717) is 0 Å². The molecule has 1 aromatic carbocycles. The van der Waals surface area contributed by atoms with Gasteiger partial charge in [0.25, 0.3) is 0 Å². The van der Waals surface area contributed by atoms with E-state index in [1.807, 2.05) is 0 Å². The fourth-order valence-corrected chi connectivity index (χ4v) is 3.00. The Morgan fingerprint density at radius 3 is 3.00 bits per heavy atom. The molecule has 1 atom stereocenters. The zero-order valence-electron chi connectivity index (χ0n) is 9.93. The van der Waals surface area contributed by atoms with Crippen LogP contribution in [0.2, 0.25) is 0 Å². The molecular weight excluding hydrogens is 262 g/mol. The van der Waals surface area contributed by atoms with Gasteiger partial charge in [-0.05, 0) is 34.0 Å². The summed E-state index contributed by atoms with van der Waals surface area (Å²) in [5.41, 5.74) is 2.83. The Bertz CT molecular complexity index is 349. The summed E-state index contributed by atoms with van der Waals surface area (Å²) in [6.45, 7) is 3.38. The quantitative estimate of drug-likeness (QED) is 0.755. The Kier molecular flexibility index (Phi) is 4.28. The number of fused-ring (bicyclic) bond motifs is 1. The Balaban J connectivity index is 1.93. The molecule has 1 aliphatic rings. The van der Waals surface area contributed by atoms with Crippen molar-refractivity contribution in [2.45, 2.75) is 44.9 Å². The first-order valence-corrected chi connectivity index (χ1v) is 7.14. The summed E-state index contributed by atoms with van der Waals surface area (Å²) >= 11 is 3.61. The highest BCUT2D eigenvalue weighted by Gasteiger charge is 2.22. The summed E-state index contributed by atoms with van der Waals surface area (Å²) in [6.07, 6.45) is 6.79. The minimum atomic E-state index is 0.726. The van der Waals surface area contributed by atoms with Crippen molar-refractivity contribution in [2.75, 3.05) is 11.9 Å². The van der Waals surface area contributed by atoms with Gasteiger partial charge in [0.2, 0.25) is 0 Å². The van der Waals surface area contributed by atoms with Gasteiger partial charge in [0.05, 0.1) is 5.69 Å². The summed E-state index contributed by atoms with van der Waals surface area (Å²) in [5.74, 6) is 0.726. The third kappa shape index (κ3) is 2.60.